The molecule has 166 valence electrons. The third kappa shape index (κ3) is 5.54. The highest BCUT2D eigenvalue weighted by Crippen LogP contribution is 2.43. The smallest absolute Gasteiger partial charge is 0.204 e. The van der Waals surface area contributed by atoms with E-state index in [9.17, 15) is 9.00 Å². The SMILES string of the molecule is COc1c(OC(C)C)cc2oc(Sc3ccc(OCS(C)=O)cc3)cc(=O)c2c1OC. The molecule has 1 unspecified atom stereocenters. The Bertz CT molecular complexity index is 1140. The minimum atomic E-state index is -1.04. The van der Waals surface area contributed by atoms with Crippen molar-refractivity contribution in [1.82, 2.24) is 0 Å². The maximum Gasteiger partial charge on any atom is 0.204 e. The molecule has 2 aromatic carbocycles. The molecule has 1 aromatic heterocycles. The third-order valence-electron chi connectivity index (χ3n) is 4.08. The van der Waals surface area contributed by atoms with Crippen LogP contribution in [0.3, 0.4) is 0 Å². The molecule has 3 aromatic rings. The summed E-state index contributed by atoms with van der Waals surface area (Å²) >= 11 is 1.30. The lowest BCUT2D eigenvalue weighted by Crippen LogP contribution is -2.09. The summed E-state index contributed by atoms with van der Waals surface area (Å²) in [4.78, 5) is 13.7. The quantitative estimate of drug-likeness (QED) is 0.459. The van der Waals surface area contributed by atoms with Gasteiger partial charge in [0.25, 0.3) is 0 Å². The van der Waals surface area contributed by atoms with E-state index in [2.05, 4.69) is 0 Å². The average molecular weight is 465 g/mol. The maximum atomic E-state index is 12.9. The second kappa shape index (κ2) is 10.1. The van der Waals surface area contributed by atoms with Gasteiger partial charge in [-0.05, 0) is 38.1 Å². The third-order valence-corrected chi connectivity index (χ3v) is 5.44. The standard InChI is InChI=1S/C22H24O7S2/c1-13(2)28-18-11-17-20(22(26-4)21(18)25-3)16(23)10-19(29-17)30-15-8-6-14(7-9-15)27-12-31(5)24/h6-11,13H,12H2,1-5H3. The highest BCUT2D eigenvalue weighted by molar-refractivity contribution is 7.99. The zero-order valence-electron chi connectivity index (χ0n) is 17.9. The molecular weight excluding hydrogens is 440 g/mol. The lowest BCUT2D eigenvalue weighted by molar-refractivity contribution is 0.226. The van der Waals surface area contributed by atoms with Crippen molar-refractivity contribution >= 4 is 33.5 Å². The van der Waals surface area contributed by atoms with Crippen molar-refractivity contribution < 1.29 is 27.6 Å². The molecule has 0 radical (unpaired) electrons. The van der Waals surface area contributed by atoms with Crippen LogP contribution in [0.2, 0.25) is 0 Å². The fraction of sp³-hybridized carbons (Fsp3) is 0.318. The van der Waals surface area contributed by atoms with Crippen LogP contribution >= 0.6 is 11.8 Å². The summed E-state index contributed by atoms with van der Waals surface area (Å²) in [5.74, 6) is 1.81. The zero-order chi connectivity index (χ0) is 22.5. The van der Waals surface area contributed by atoms with E-state index in [-0.39, 0.29) is 28.6 Å². The molecule has 0 saturated carbocycles. The van der Waals surface area contributed by atoms with Gasteiger partial charge >= 0.3 is 0 Å². The van der Waals surface area contributed by atoms with E-state index < -0.39 is 10.8 Å². The summed E-state index contributed by atoms with van der Waals surface area (Å²) in [6.45, 7) is 3.79. The predicted octanol–water partition coefficient (Wildman–Crippen LogP) is 4.46. The topological polar surface area (TPSA) is 84.2 Å². The molecule has 0 saturated heterocycles. The summed E-state index contributed by atoms with van der Waals surface area (Å²) in [6, 6.07) is 10.3. The summed E-state index contributed by atoms with van der Waals surface area (Å²) < 4.78 is 39.3. The van der Waals surface area contributed by atoms with Crippen LogP contribution in [0.15, 0.2) is 55.6 Å². The van der Waals surface area contributed by atoms with Crippen molar-refractivity contribution in [2.24, 2.45) is 0 Å². The normalized spacial score (nSPS) is 12.1. The van der Waals surface area contributed by atoms with Crippen LogP contribution in [0.25, 0.3) is 11.0 Å². The number of rotatable bonds is 9. The summed E-state index contributed by atoms with van der Waals surface area (Å²) in [6.07, 6.45) is 1.47. The molecule has 0 aliphatic rings. The van der Waals surface area contributed by atoms with Gasteiger partial charge in [0, 0.05) is 23.3 Å². The molecule has 0 aliphatic carbocycles. The molecule has 0 aliphatic heterocycles. The Balaban J connectivity index is 1.97. The number of hydrogen-bond donors (Lipinski definition) is 0. The van der Waals surface area contributed by atoms with E-state index in [0.29, 0.717) is 27.9 Å². The van der Waals surface area contributed by atoms with Crippen LogP contribution in [0.5, 0.6) is 23.0 Å². The van der Waals surface area contributed by atoms with E-state index in [1.54, 1.807) is 24.5 Å². The minimum Gasteiger partial charge on any atom is -0.492 e. The number of hydrogen-bond acceptors (Lipinski definition) is 8. The van der Waals surface area contributed by atoms with Crippen LogP contribution in [0, 0.1) is 0 Å². The number of methoxy groups -OCH3 is 2. The Labute approximate surface area is 187 Å². The van der Waals surface area contributed by atoms with Crippen LogP contribution in [0.4, 0.5) is 0 Å². The number of fused-ring (bicyclic) bond motifs is 1. The predicted molar refractivity (Wildman–Crippen MR) is 121 cm³/mol. The van der Waals surface area contributed by atoms with Crippen LogP contribution in [-0.2, 0) is 10.8 Å². The van der Waals surface area contributed by atoms with Crippen molar-refractivity contribution in [3.8, 4) is 23.0 Å². The molecular formula is C22H24O7S2. The number of benzene rings is 2. The van der Waals surface area contributed by atoms with E-state index in [1.165, 1.54) is 32.0 Å². The molecule has 0 N–H and O–H groups in total. The molecule has 0 amide bonds. The fourth-order valence-electron chi connectivity index (χ4n) is 2.88. The second-order valence-corrected chi connectivity index (χ2v) is 9.28. The summed E-state index contributed by atoms with van der Waals surface area (Å²) in [5, 5.41) is 0.708. The van der Waals surface area contributed by atoms with Gasteiger partial charge in [0.1, 0.15) is 16.7 Å². The lowest BCUT2D eigenvalue weighted by atomic mass is 10.1. The maximum absolute atomic E-state index is 12.9. The highest BCUT2D eigenvalue weighted by Gasteiger charge is 2.21. The average Bonchev–Trinajstić information content (AvgIpc) is 2.71. The van der Waals surface area contributed by atoms with Gasteiger partial charge in [-0.2, -0.15) is 0 Å². The van der Waals surface area contributed by atoms with Crippen molar-refractivity contribution in [2.75, 3.05) is 26.4 Å². The lowest BCUT2D eigenvalue weighted by Gasteiger charge is -2.17. The van der Waals surface area contributed by atoms with Crippen LogP contribution in [-0.4, -0.2) is 36.7 Å². The van der Waals surface area contributed by atoms with Crippen molar-refractivity contribution in [3.63, 3.8) is 0 Å². The van der Waals surface area contributed by atoms with Gasteiger partial charge in [-0.3, -0.25) is 9.00 Å². The largest absolute Gasteiger partial charge is 0.492 e. The first-order valence-corrected chi connectivity index (χ1v) is 12.0. The molecule has 0 spiro atoms. The monoisotopic (exact) mass is 464 g/mol. The van der Waals surface area contributed by atoms with E-state index in [4.69, 9.17) is 23.4 Å². The Morgan fingerprint density at radius 2 is 1.74 bits per heavy atom. The first kappa shape index (κ1) is 23.0. The van der Waals surface area contributed by atoms with Gasteiger partial charge in [-0.1, -0.05) is 11.8 Å². The van der Waals surface area contributed by atoms with Gasteiger partial charge < -0.3 is 23.4 Å². The second-order valence-electron chi connectivity index (χ2n) is 6.82. The van der Waals surface area contributed by atoms with E-state index in [1.807, 2.05) is 26.0 Å². The molecule has 1 heterocycles. The summed E-state index contributed by atoms with van der Waals surface area (Å²) in [7, 11) is 1.93. The van der Waals surface area contributed by atoms with Crippen molar-refractivity contribution in [1.29, 1.82) is 0 Å². The van der Waals surface area contributed by atoms with Gasteiger partial charge in [-0.15, -0.1) is 0 Å². The molecule has 3 rings (SSSR count). The molecule has 0 bridgehead atoms. The zero-order valence-corrected chi connectivity index (χ0v) is 19.6. The minimum absolute atomic E-state index is 0.105. The van der Waals surface area contributed by atoms with Crippen LogP contribution in [0.1, 0.15) is 13.8 Å². The van der Waals surface area contributed by atoms with Gasteiger partial charge in [0.05, 0.1) is 31.1 Å². The van der Waals surface area contributed by atoms with Crippen molar-refractivity contribution in [3.05, 3.63) is 46.6 Å². The Hall–Kier alpha value is -2.65. The Kier molecular flexibility index (Phi) is 7.50. The van der Waals surface area contributed by atoms with Gasteiger partial charge in [-0.25, -0.2) is 0 Å². The molecule has 1 atom stereocenters. The van der Waals surface area contributed by atoms with E-state index in [0.717, 1.165) is 4.90 Å². The van der Waals surface area contributed by atoms with Gasteiger partial charge in [0.2, 0.25) is 5.75 Å². The van der Waals surface area contributed by atoms with Gasteiger partial charge in [0.15, 0.2) is 28.0 Å². The summed E-state index contributed by atoms with van der Waals surface area (Å²) in [5.41, 5.74) is 0.0917. The van der Waals surface area contributed by atoms with E-state index >= 15 is 0 Å². The Morgan fingerprint density at radius 1 is 1.06 bits per heavy atom. The Morgan fingerprint density at radius 3 is 2.32 bits per heavy atom. The van der Waals surface area contributed by atoms with Crippen LogP contribution < -0.4 is 24.4 Å². The fourth-order valence-corrected chi connectivity index (χ4v) is 3.98. The number of ether oxygens (including phenoxy) is 4. The molecule has 9 heteroatoms. The highest BCUT2D eigenvalue weighted by atomic mass is 32.2. The molecule has 7 nitrogen and oxygen atoms in total. The van der Waals surface area contributed by atoms with Crippen molar-refractivity contribution in [2.45, 2.75) is 29.9 Å². The first-order valence-electron chi connectivity index (χ1n) is 9.42. The molecule has 0 fully saturated rings. The first-order chi connectivity index (χ1) is 14.8. The molecule has 31 heavy (non-hydrogen) atoms.